The third-order valence-corrected chi connectivity index (χ3v) is 4.88. The van der Waals surface area contributed by atoms with Crippen molar-refractivity contribution in [2.45, 2.75) is 20.3 Å². The Morgan fingerprint density at radius 1 is 1.21 bits per heavy atom. The predicted molar refractivity (Wildman–Crippen MR) is 104 cm³/mol. The van der Waals surface area contributed by atoms with Gasteiger partial charge in [0.25, 0.3) is 0 Å². The third kappa shape index (κ3) is 3.15. The number of carbonyl (C=O) groups is 1. The van der Waals surface area contributed by atoms with E-state index in [2.05, 4.69) is 20.2 Å². The van der Waals surface area contributed by atoms with E-state index in [1.807, 2.05) is 26.0 Å². The summed E-state index contributed by atoms with van der Waals surface area (Å²) in [7, 11) is 1.50. The van der Waals surface area contributed by atoms with Gasteiger partial charge in [0.2, 0.25) is 0 Å². The SMILES string of the molecule is COc1ccc(-c2cc3cc(CC(=O)c4n[nH]c(C)c4C)cnc3[nH]2)c(F)c1. The molecule has 0 fully saturated rings. The molecule has 0 unspecified atom stereocenters. The number of hydrogen-bond acceptors (Lipinski definition) is 4. The highest BCUT2D eigenvalue weighted by atomic mass is 19.1. The molecule has 28 heavy (non-hydrogen) atoms. The van der Waals surface area contributed by atoms with Gasteiger partial charge in [-0.15, -0.1) is 0 Å². The van der Waals surface area contributed by atoms with Gasteiger partial charge in [-0.3, -0.25) is 9.89 Å². The standard InChI is InChI=1S/C21H19FN4O2/c1-11-12(2)25-26-20(11)19(27)7-13-6-14-8-18(24-21(14)23-10-13)16-5-4-15(28-3)9-17(16)22/h4-6,8-10H,7H2,1-3H3,(H,23,24)(H,25,26). The van der Waals surface area contributed by atoms with E-state index >= 15 is 0 Å². The number of carbonyl (C=O) groups excluding carboxylic acids is 1. The predicted octanol–water partition coefficient (Wildman–Crippen LogP) is 4.14. The van der Waals surface area contributed by atoms with E-state index in [4.69, 9.17) is 4.74 Å². The van der Waals surface area contributed by atoms with E-state index in [1.54, 1.807) is 18.3 Å². The molecular formula is C21H19FN4O2. The summed E-state index contributed by atoms with van der Waals surface area (Å²) in [5, 5.41) is 7.73. The molecule has 3 heterocycles. The monoisotopic (exact) mass is 378 g/mol. The fourth-order valence-electron chi connectivity index (χ4n) is 3.17. The van der Waals surface area contributed by atoms with Crippen molar-refractivity contribution < 1.29 is 13.9 Å². The van der Waals surface area contributed by atoms with Crippen LogP contribution in [-0.2, 0) is 6.42 Å². The highest BCUT2D eigenvalue weighted by molar-refractivity contribution is 5.97. The van der Waals surface area contributed by atoms with Gasteiger partial charge in [-0.05, 0) is 43.7 Å². The third-order valence-electron chi connectivity index (χ3n) is 4.88. The first kappa shape index (κ1) is 17.9. The molecule has 4 aromatic rings. The number of aromatic nitrogens is 4. The zero-order valence-corrected chi connectivity index (χ0v) is 15.8. The van der Waals surface area contributed by atoms with Crippen molar-refractivity contribution in [2.75, 3.05) is 7.11 Å². The molecule has 0 saturated carbocycles. The van der Waals surface area contributed by atoms with Gasteiger partial charge in [0.1, 0.15) is 22.9 Å². The van der Waals surface area contributed by atoms with Gasteiger partial charge in [0, 0.05) is 40.9 Å². The second-order valence-corrected chi connectivity index (χ2v) is 6.73. The zero-order valence-electron chi connectivity index (χ0n) is 15.8. The molecule has 0 atom stereocenters. The highest BCUT2D eigenvalue weighted by Gasteiger charge is 2.16. The molecule has 142 valence electrons. The number of Topliss-reactive ketones (excluding diaryl/α,β-unsaturated/α-hetero) is 1. The van der Waals surface area contributed by atoms with Gasteiger partial charge in [-0.1, -0.05) is 0 Å². The Balaban J connectivity index is 1.63. The number of fused-ring (bicyclic) bond motifs is 1. The molecule has 4 rings (SSSR count). The fraction of sp³-hybridized carbons (Fsp3) is 0.190. The van der Waals surface area contributed by atoms with Gasteiger partial charge in [0.15, 0.2) is 5.78 Å². The summed E-state index contributed by atoms with van der Waals surface area (Å²) in [6.07, 6.45) is 1.85. The minimum Gasteiger partial charge on any atom is -0.497 e. The van der Waals surface area contributed by atoms with Crippen LogP contribution in [0.25, 0.3) is 22.3 Å². The van der Waals surface area contributed by atoms with Crippen molar-refractivity contribution in [3.63, 3.8) is 0 Å². The Labute approximate surface area is 160 Å². The molecule has 0 saturated heterocycles. The van der Waals surface area contributed by atoms with Crippen LogP contribution in [-0.4, -0.2) is 33.1 Å². The van der Waals surface area contributed by atoms with Crippen molar-refractivity contribution in [1.82, 2.24) is 20.2 Å². The van der Waals surface area contributed by atoms with Crippen LogP contribution in [0.5, 0.6) is 5.75 Å². The number of ether oxygens (including phenoxy) is 1. The molecule has 0 bridgehead atoms. The summed E-state index contributed by atoms with van der Waals surface area (Å²) in [6.45, 7) is 3.75. The van der Waals surface area contributed by atoms with E-state index in [1.165, 1.54) is 13.2 Å². The Morgan fingerprint density at radius 3 is 2.71 bits per heavy atom. The number of benzene rings is 1. The van der Waals surface area contributed by atoms with Crippen LogP contribution in [0.15, 0.2) is 36.5 Å². The Bertz CT molecular complexity index is 1190. The Hall–Kier alpha value is -3.48. The summed E-state index contributed by atoms with van der Waals surface area (Å²) in [6, 6.07) is 8.41. The number of H-pyrrole nitrogens is 2. The molecule has 0 spiro atoms. The van der Waals surface area contributed by atoms with E-state index in [0.29, 0.717) is 28.3 Å². The molecule has 2 N–H and O–H groups in total. The molecule has 3 aromatic heterocycles. The van der Waals surface area contributed by atoms with Gasteiger partial charge < -0.3 is 9.72 Å². The molecule has 0 aliphatic rings. The summed E-state index contributed by atoms with van der Waals surface area (Å²) >= 11 is 0. The minimum atomic E-state index is -0.384. The number of halogens is 1. The number of ketones is 1. The number of pyridine rings is 1. The number of nitrogens with one attached hydrogen (secondary N) is 2. The Kier molecular flexibility index (Phi) is 4.43. The fourth-order valence-corrected chi connectivity index (χ4v) is 3.17. The summed E-state index contributed by atoms with van der Waals surface area (Å²) < 4.78 is 19.4. The maximum Gasteiger partial charge on any atom is 0.187 e. The van der Waals surface area contributed by atoms with Crippen LogP contribution >= 0.6 is 0 Å². The number of methoxy groups -OCH3 is 1. The lowest BCUT2D eigenvalue weighted by Gasteiger charge is -2.03. The summed E-state index contributed by atoms with van der Waals surface area (Å²) in [4.78, 5) is 20.0. The topological polar surface area (TPSA) is 83.7 Å². The first-order valence-corrected chi connectivity index (χ1v) is 8.82. The molecule has 0 radical (unpaired) electrons. The van der Waals surface area contributed by atoms with E-state index in [9.17, 15) is 9.18 Å². The van der Waals surface area contributed by atoms with Gasteiger partial charge in [-0.2, -0.15) is 5.10 Å². The van der Waals surface area contributed by atoms with E-state index in [0.717, 1.165) is 22.2 Å². The van der Waals surface area contributed by atoms with Crippen LogP contribution < -0.4 is 4.74 Å². The number of hydrogen-bond donors (Lipinski definition) is 2. The van der Waals surface area contributed by atoms with E-state index < -0.39 is 0 Å². The van der Waals surface area contributed by atoms with Crippen molar-refractivity contribution in [3.8, 4) is 17.0 Å². The second kappa shape index (κ2) is 6.92. The number of aromatic amines is 2. The lowest BCUT2D eigenvalue weighted by Crippen LogP contribution is -2.06. The van der Waals surface area contributed by atoms with Crippen molar-refractivity contribution >= 4 is 16.8 Å². The molecule has 1 aromatic carbocycles. The van der Waals surface area contributed by atoms with Crippen LogP contribution in [0.3, 0.4) is 0 Å². The lowest BCUT2D eigenvalue weighted by molar-refractivity contribution is 0.0987. The smallest absolute Gasteiger partial charge is 0.187 e. The van der Waals surface area contributed by atoms with Gasteiger partial charge in [-0.25, -0.2) is 9.37 Å². The lowest BCUT2D eigenvalue weighted by atomic mass is 10.0. The largest absolute Gasteiger partial charge is 0.497 e. The maximum absolute atomic E-state index is 14.4. The quantitative estimate of drug-likeness (QED) is 0.511. The molecule has 6 nitrogen and oxygen atoms in total. The van der Waals surface area contributed by atoms with Crippen LogP contribution in [0.2, 0.25) is 0 Å². The van der Waals surface area contributed by atoms with Crippen molar-refractivity contribution in [3.05, 3.63) is 64.9 Å². The second-order valence-electron chi connectivity index (χ2n) is 6.73. The van der Waals surface area contributed by atoms with Crippen LogP contribution in [0, 0.1) is 19.7 Å². The Morgan fingerprint density at radius 2 is 2.04 bits per heavy atom. The van der Waals surface area contributed by atoms with Crippen LogP contribution in [0.1, 0.15) is 27.3 Å². The first-order valence-electron chi connectivity index (χ1n) is 8.82. The minimum absolute atomic E-state index is 0.0695. The molecule has 0 aliphatic heterocycles. The maximum atomic E-state index is 14.4. The van der Waals surface area contributed by atoms with Crippen molar-refractivity contribution in [1.29, 1.82) is 0 Å². The normalized spacial score (nSPS) is 11.1. The first-order chi connectivity index (χ1) is 13.5. The van der Waals surface area contributed by atoms with Crippen LogP contribution in [0.4, 0.5) is 4.39 Å². The average molecular weight is 378 g/mol. The summed E-state index contributed by atoms with van der Waals surface area (Å²) in [5.41, 5.74) is 4.65. The molecule has 0 aliphatic carbocycles. The summed E-state index contributed by atoms with van der Waals surface area (Å²) in [5.74, 6) is 0.00539. The van der Waals surface area contributed by atoms with Crippen molar-refractivity contribution in [2.24, 2.45) is 0 Å². The average Bonchev–Trinajstić information content (AvgIpc) is 3.24. The van der Waals surface area contributed by atoms with E-state index in [-0.39, 0.29) is 18.0 Å². The number of nitrogens with zero attached hydrogens (tertiary/aromatic N) is 2. The molecule has 7 heteroatoms. The number of aryl methyl sites for hydroxylation is 1. The molecular weight excluding hydrogens is 359 g/mol. The van der Waals surface area contributed by atoms with Gasteiger partial charge in [0.05, 0.1) is 12.8 Å². The number of rotatable bonds is 5. The van der Waals surface area contributed by atoms with Gasteiger partial charge >= 0.3 is 0 Å². The zero-order chi connectivity index (χ0) is 19.8. The highest BCUT2D eigenvalue weighted by Crippen LogP contribution is 2.28. The molecule has 0 amide bonds.